The molecule has 7 heteroatoms. The zero-order valence-corrected chi connectivity index (χ0v) is 18.6. The number of rotatable bonds is 9. The Morgan fingerprint density at radius 1 is 1.13 bits per heavy atom. The van der Waals surface area contributed by atoms with Crippen molar-refractivity contribution >= 4 is 23.5 Å². The van der Waals surface area contributed by atoms with Crippen molar-refractivity contribution in [3.63, 3.8) is 0 Å². The van der Waals surface area contributed by atoms with Crippen LogP contribution in [0.25, 0.3) is 0 Å². The van der Waals surface area contributed by atoms with Crippen LogP contribution in [-0.2, 0) is 11.3 Å². The standard InChI is InChI=1S/C23H31N3O3S/c1-28-21-8-4-19(5-9-21)18-26(13-3-12-25-14-16-29-17-15-25)23(27)24-20-6-10-22(30-2)11-7-20/h4-11H,3,12-18H2,1-2H3,(H,24,27). The number of nitrogens with one attached hydrogen (secondary N) is 1. The van der Waals surface area contributed by atoms with Gasteiger partial charge in [0, 0.05) is 43.3 Å². The smallest absolute Gasteiger partial charge is 0.322 e. The van der Waals surface area contributed by atoms with Crippen LogP contribution < -0.4 is 10.1 Å². The van der Waals surface area contributed by atoms with Gasteiger partial charge in [0.1, 0.15) is 5.75 Å². The highest BCUT2D eigenvalue weighted by atomic mass is 32.2. The summed E-state index contributed by atoms with van der Waals surface area (Å²) in [5.74, 6) is 0.816. The van der Waals surface area contributed by atoms with Crippen LogP contribution in [0.15, 0.2) is 53.4 Å². The highest BCUT2D eigenvalue weighted by Gasteiger charge is 2.16. The molecule has 2 aromatic carbocycles. The summed E-state index contributed by atoms with van der Waals surface area (Å²) in [6, 6.07) is 15.7. The minimum Gasteiger partial charge on any atom is -0.497 e. The fourth-order valence-electron chi connectivity index (χ4n) is 3.39. The number of urea groups is 1. The molecule has 1 fully saturated rings. The van der Waals surface area contributed by atoms with Crippen molar-refractivity contribution in [2.24, 2.45) is 0 Å². The van der Waals surface area contributed by atoms with E-state index in [4.69, 9.17) is 9.47 Å². The second-order valence-electron chi connectivity index (χ2n) is 7.24. The van der Waals surface area contributed by atoms with Gasteiger partial charge in [-0.3, -0.25) is 4.90 Å². The molecule has 0 spiro atoms. The van der Waals surface area contributed by atoms with Crippen molar-refractivity contribution in [3.8, 4) is 5.75 Å². The van der Waals surface area contributed by atoms with Crippen LogP contribution in [0.2, 0.25) is 0 Å². The number of hydrogen-bond donors (Lipinski definition) is 1. The van der Waals surface area contributed by atoms with Gasteiger partial charge < -0.3 is 19.7 Å². The molecule has 0 aliphatic carbocycles. The average Bonchev–Trinajstić information content (AvgIpc) is 2.80. The molecule has 1 saturated heterocycles. The topological polar surface area (TPSA) is 54.0 Å². The van der Waals surface area contributed by atoms with Crippen LogP contribution in [0, 0.1) is 0 Å². The highest BCUT2D eigenvalue weighted by molar-refractivity contribution is 7.98. The highest BCUT2D eigenvalue weighted by Crippen LogP contribution is 2.19. The van der Waals surface area contributed by atoms with Gasteiger partial charge in [0.2, 0.25) is 0 Å². The Bertz CT molecular complexity index is 777. The van der Waals surface area contributed by atoms with Crippen LogP contribution in [0.4, 0.5) is 10.5 Å². The first-order valence-electron chi connectivity index (χ1n) is 10.3. The van der Waals surface area contributed by atoms with E-state index in [0.717, 1.165) is 56.3 Å². The van der Waals surface area contributed by atoms with E-state index in [-0.39, 0.29) is 6.03 Å². The maximum atomic E-state index is 13.0. The van der Waals surface area contributed by atoms with E-state index in [0.29, 0.717) is 13.1 Å². The van der Waals surface area contributed by atoms with Crippen LogP contribution in [-0.4, -0.2) is 68.6 Å². The summed E-state index contributed by atoms with van der Waals surface area (Å²) in [6.07, 6.45) is 2.97. The van der Waals surface area contributed by atoms with Gasteiger partial charge in [-0.25, -0.2) is 4.79 Å². The molecular formula is C23H31N3O3S. The molecule has 30 heavy (non-hydrogen) atoms. The van der Waals surface area contributed by atoms with Gasteiger partial charge >= 0.3 is 6.03 Å². The van der Waals surface area contributed by atoms with Crippen molar-refractivity contribution in [1.82, 2.24) is 9.80 Å². The van der Waals surface area contributed by atoms with Gasteiger partial charge in [-0.15, -0.1) is 11.8 Å². The molecule has 1 N–H and O–H groups in total. The van der Waals surface area contributed by atoms with Gasteiger partial charge in [-0.05, 0) is 54.6 Å². The molecule has 1 heterocycles. The van der Waals surface area contributed by atoms with Crippen molar-refractivity contribution in [2.45, 2.75) is 17.9 Å². The van der Waals surface area contributed by atoms with Gasteiger partial charge in [0.05, 0.1) is 20.3 Å². The van der Waals surface area contributed by atoms with Gasteiger partial charge in [-0.2, -0.15) is 0 Å². The number of anilines is 1. The third-order valence-corrected chi connectivity index (χ3v) is 5.91. The lowest BCUT2D eigenvalue weighted by Crippen LogP contribution is -2.40. The number of morpholine rings is 1. The minimum absolute atomic E-state index is 0.0790. The quantitative estimate of drug-likeness (QED) is 0.606. The summed E-state index contributed by atoms with van der Waals surface area (Å²) >= 11 is 1.69. The molecule has 0 unspecified atom stereocenters. The number of nitrogens with zero attached hydrogens (tertiary/aromatic N) is 2. The zero-order chi connectivity index (χ0) is 21.2. The van der Waals surface area contributed by atoms with Gasteiger partial charge in [0.15, 0.2) is 0 Å². The predicted octanol–water partition coefficient (Wildman–Crippen LogP) is 4.17. The molecule has 2 amide bonds. The Morgan fingerprint density at radius 3 is 2.47 bits per heavy atom. The third-order valence-electron chi connectivity index (χ3n) is 5.17. The molecule has 162 valence electrons. The summed E-state index contributed by atoms with van der Waals surface area (Å²) in [6.45, 7) is 5.74. The molecule has 1 aliphatic heterocycles. The van der Waals surface area contributed by atoms with Crippen molar-refractivity contribution in [3.05, 3.63) is 54.1 Å². The first-order chi connectivity index (χ1) is 14.7. The number of carbonyl (C=O) groups excluding carboxylic acids is 1. The SMILES string of the molecule is COc1ccc(CN(CCCN2CCOCC2)C(=O)Nc2ccc(SC)cc2)cc1. The number of amides is 2. The van der Waals surface area contributed by atoms with E-state index >= 15 is 0 Å². The van der Waals surface area contributed by atoms with E-state index in [2.05, 4.69) is 10.2 Å². The van der Waals surface area contributed by atoms with Crippen LogP contribution in [0.1, 0.15) is 12.0 Å². The monoisotopic (exact) mass is 429 g/mol. The Morgan fingerprint density at radius 2 is 1.83 bits per heavy atom. The summed E-state index contributed by atoms with van der Waals surface area (Å²) in [4.78, 5) is 18.5. The van der Waals surface area contributed by atoms with Crippen LogP contribution in [0.5, 0.6) is 5.75 Å². The Kier molecular flexibility index (Phi) is 8.86. The Labute approximate surface area is 183 Å². The zero-order valence-electron chi connectivity index (χ0n) is 17.8. The number of thioether (sulfide) groups is 1. The average molecular weight is 430 g/mol. The lowest BCUT2D eigenvalue weighted by atomic mass is 10.2. The third kappa shape index (κ3) is 6.93. The number of benzene rings is 2. The van der Waals surface area contributed by atoms with E-state index in [1.807, 2.05) is 59.7 Å². The molecule has 0 radical (unpaired) electrons. The van der Waals surface area contributed by atoms with E-state index < -0.39 is 0 Å². The van der Waals surface area contributed by atoms with E-state index in [1.54, 1.807) is 18.9 Å². The fourth-order valence-corrected chi connectivity index (χ4v) is 3.80. The lowest BCUT2D eigenvalue weighted by Gasteiger charge is -2.28. The number of methoxy groups -OCH3 is 1. The number of carbonyl (C=O) groups is 1. The molecule has 2 aromatic rings. The van der Waals surface area contributed by atoms with Crippen LogP contribution >= 0.6 is 11.8 Å². The van der Waals surface area contributed by atoms with Crippen molar-refractivity contribution in [2.75, 3.05) is 58.1 Å². The molecule has 0 atom stereocenters. The molecule has 0 bridgehead atoms. The predicted molar refractivity (Wildman–Crippen MR) is 123 cm³/mol. The largest absolute Gasteiger partial charge is 0.497 e. The van der Waals surface area contributed by atoms with Crippen molar-refractivity contribution < 1.29 is 14.3 Å². The molecule has 0 saturated carbocycles. The molecular weight excluding hydrogens is 398 g/mol. The second kappa shape index (κ2) is 11.8. The maximum Gasteiger partial charge on any atom is 0.322 e. The first-order valence-corrected chi connectivity index (χ1v) is 11.5. The molecule has 1 aliphatic rings. The lowest BCUT2D eigenvalue weighted by molar-refractivity contribution is 0.0365. The Hall–Kier alpha value is -2.22. The molecule has 0 aromatic heterocycles. The normalized spacial score (nSPS) is 14.3. The summed E-state index contributed by atoms with van der Waals surface area (Å²) in [5.41, 5.74) is 1.89. The first kappa shape index (κ1) is 22.5. The summed E-state index contributed by atoms with van der Waals surface area (Å²) < 4.78 is 10.7. The van der Waals surface area contributed by atoms with E-state index in [1.165, 1.54) is 4.90 Å². The maximum absolute atomic E-state index is 13.0. The fraction of sp³-hybridized carbons (Fsp3) is 0.435. The Balaban J connectivity index is 1.62. The van der Waals surface area contributed by atoms with Crippen LogP contribution in [0.3, 0.4) is 0 Å². The summed E-state index contributed by atoms with van der Waals surface area (Å²) in [5, 5.41) is 3.04. The minimum atomic E-state index is -0.0790. The number of hydrogen-bond acceptors (Lipinski definition) is 5. The second-order valence-corrected chi connectivity index (χ2v) is 8.12. The number of ether oxygens (including phenoxy) is 2. The van der Waals surface area contributed by atoms with Crippen molar-refractivity contribution in [1.29, 1.82) is 0 Å². The molecule has 3 rings (SSSR count). The van der Waals surface area contributed by atoms with Gasteiger partial charge in [0.25, 0.3) is 0 Å². The van der Waals surface area contributed by atoms with Gasteiger partial charge in [-0.1, -0.05) is 12.1 Å². The summed E-state index contributed by atoms with van der Waals surface area (Å²) in [7, 11) is 1.66. The molecule has 6 nitrogen and oxygen atoms in total. The van der Waals surface area contributed by atoms with E-state index in [9.17, 15) is 4.79 Å².